The van der Waals surface area contributed by atoms with Gasteiger partial charge in [0.1, 0.15) is 0 Å². The number of hydrogen-bond acceptors (Lipinski definition) is 0. The molecule has 29 valence electrons. The number of halogens is 1. The van der Waals surface area contributed by atoms with Gasteiger partial charge in [0, 0.05) is 0 Å². The van der Waals surface area contributed by atoms with Crippen molar-refractivity contribution in [2.24, 2.45) is 0 Å². The quantitative estimate of drug-likeness (QED) is 0.443. The van der Waals surface area contributed by atoms with Gasteiger partial charge in [-0.05, 0) is 12.5 Å². The molecule has 0 saturated heterocycles. The molecule has 0 bridgehead atoms. The first-order chi connectivity index (χ1) is 2.27. The third-order valence-electron chi connectivity index (χ3n) is 0.186. The largest absolute Gasteiger partial charge is 0.239 e. The van der Waals surface area contributed by atoms with Gasteiger partial charge in [-0.2, -0.15) is 0 Å². The highest BCUT2D eigenvalue weighted by molar-refractivity contribution is 4.96. The Bertz CT molecular complexity index is 38.9. The average molecular weight is 73.1 g/mol. The summed E-state index contributed by atoms with van der Waals surface area (Å²) >= 11 is 0. The van der Waals surface area contributed by atoms with Gasteiger partial charge in [-0.15, -0.1) is 0 Å². The highest BCUT2D eigenvalue weighted by atomic mass is 19.1. The van der Waals surface area contributed by atoms with Gasteiger partial charge in [0.15, 0.2) is 6.67 Å². The lowest BCUT2D eigenvalue weighted by Crippen LogP contribution is -1.58. The van der Waals surface area contributed by atoms with Crippen LogP contribution in [-0.2, 0) is 0 Å². The molecule has 0 N–H and O–H groups in total. The second kappa shape index (κ2) is 1.94. The molecule has 0 aromatic carbocycles. The SMILES string of the molecule is C=C(C)[CH]F. The summed E-state index contributed by atoms with van der Waals surface area (Å²) in [4.78, 5) is 0. The first-order valence-electron chi connectivity index (χ1n) is 1.36. The first-order valence-corrected chi connectivity index (χ1v) is 1.36. The molecule has 0 fully saturated rings. The van der Waals surface area contributed by atoms with E-state index in [1.165, 1.54) is 0 Å². The Hall–Kier alpha value is -0.330. The van der Waals surface area contributed by atoms with E-state index in [1.807, 2.05) is 0 Å². The molecular formula is C4H6F. The zero-order valence-corrected chi connectivity index (χ0v) is 3.16. The molecule has 1 radical (unpaired) electrons. The topological polar surface area (TPSA) is 0 Å². The zero-order valence-electron chi connectivity index (χ0n) is 3.16. The molecule has 0 aromatic rings. The van der Waals surface area contributed by atoms with Crippen molar-refractivity contribution in [3.05, 3.63) is 18.8 Å². The second-order valence-corrected chi connectivity index (χ2v) is 0.955. The summed E-state index contributed by atoms with van der Waals surface area (Å²) < 4.78 is 10.9. The van der Waals surface area contributed by atoms with E-state index in [0.717, 1.165) is 0 Å². The molecule has 0 amide bonds. The molecule has 0 spiro atoms. The average Bonchev–Trinajstić information content (AvgIpc) is 1.38. The lowest BCUT2D eigenvalue weighted by molar-refractivity contribution is 0.641. The van der Waals surface area contributed by atoms with Crippen LogP contribution < -0.4 is 0 Å². The first kappa shape index (κ1) is 4.67. The van der Waals surface area contributed by atoms with Crippen LogP contribution >= 0.6 is 0 Å². The Labute approximate surface area is 31.3 Å². The van der Waals surface area contributed by atoms with Gasteiger partial charge >= 0.3 is 0 Å². The van der Waals surface area contributed by atoms with Gasteiger partial charge in [-0.25, -0.2) is 4.39 Å². The lowest BCUT2D eigenvalue weighted by Gasteiger charge is -1.74. The van der Waals surface area contributed by atoms with Crippen molar-refractivity contribution in [2.45, 2.75) is 6.92 Å². The summed E-state index contributed by atoms with van der Waals surface area (Å²) in [7, 11) is 0. The maximum absolute atomic E-state index is 10.9. The summed E-state index contributed by atoms with van der Waals surface area (Å²) in [5.74, 6) is 0. The van der Waals surface area contributed by atoms with Crippen molar-refractivity contribution in [3.8, 4) is 0 Å². The van der Waals surface area contributed by atoms with Crippen LogP contribution in [0.5, 0.6) is 0 Å². The third-order valence-corrected chi connectivity index (χ3v) is 0.186. The summed E-state index contributed by atoms with van der Waals surface area (Å²) in [5.41, 5.74) is 0.463. The van der Waals surface area contributed by atoms with Gasteiger partial charge in [0.05, 0.1) is 0 Å². The molecule has 0 saturated carbocycles. The van der Waals surface area contributed by atoms with Crippen molar-refractivity contribution >= 4 is 0 Å². The van der Waals surface area contributed by atoms with Crippen LogP contribution in [0, 0.1) is 6.67 Å². The van der Waals surface area contributed by atoms with Crippen LogP contribution in [-0.4, -0.2) is 0 Å². The zero-order chi connectivity index (χ0) is 4.28. The number of allylic oxidation sites excluding steroid dienone is 1. The molecule has 0 aliphatic rings. The molecule has 1 heteroatoms. The maximum Gasteiger partial charge on any atom is 0.156 e. The molecule has 0 aliphatic carbocycles. The number of hydrogen-bond donors (Lipinski definition) is 0. The Kier molecular flexibility index (Phi) is 1.81. The Morgan fingerprint density at radius 1 is 2.00 bits per heavy atom. The highest BCUT2D eigenvalue weighted by Gasteiger charge is 1.73. The fourth-order valence-corrected chi connectivity index (χ4v) is 0. The maximum atomic E-state index is 10.9. The van der Waals surface area contributed by atoms with Crippen molar-refractivity contribution in [1.29, 1.82) is 0 Å². The van der Waals surface area contributed by atoms with Crippen LogP contribution in [0.2, 0.25) is 0 Å². The van der Waals surface area contributed by atoms with E-state index < -0.39 is 0 Å². The van der Waals surface area contributed by atoms with E-state index in [4.69, 9.17) is 0 Å². The normalized spacial score (nSPS) is 7.60. The third kappa shape index (κ3) is 3.67. The van der Waals surface area contributed by atoms with Crippen molar-refractivity contribution in [1.82, 2.24) is 0 Å². The molecule has 0 atom stereocenters. The van der Waals surface area contributed by atoms with E-state index in [2.05, 4.69) is 6.58 Å². The van der Waals surface area contributed by atoms with E-state index in [9.17, 15) is 4.39 Å². The molecular weight excluding hydrogens is 67.0 g/mol. The predicted octanol–water partition coefficient (Wildman–Crippen LogP) is 1.69. The molecule has 0 heterocycles. The van der Waals surface area contributed by atoms with Gasteiger partial charge in [-0.1, -0.05) is 6.58 Å². The molecule has 0 aliphatic heterocycles. The van der Waals surface area contributed by atoms with Crippen LogP contribution in [0.1, 0.15) is 6.92 Å². The van der Waals surface area contributed by atoms with Gasteiger partial charge < -0.3 is 0 Å². The smallest absolute Gasteiger partial charge is 0.156 e. The molecule has 0 unspecified atom stereocenters. The lowest BCUT2D eigenvalue weighted by atomic mass is 10.4. The molecule has 0 aromatic heterocycles. The highest BCUT2D eigenvalue weighted by Crippen LogP contribution is 1.90. The fraction of sp³-hybridized carbons (Fsp3) is 0.250. The van der Waals surface area contributed by atoms with Crippen molar-refractivity contribution in [3.63, 3.8) is 0 Å². The predicted molar refractivity (Wildman–Crippen MR) is 20.2 cm³/mol. The molecule has 0 rings (SSSR count). The Morgan fingerprint density at radius 3 is 2.20 bits per heavy atom. The number of rotatable bonds is 1. The minimum Gasteiger partial charge on any atom is -0.239 e. The van der Waals surface area contributed by atoms with Crippen LogP contribution in [0.25, 0.3) is 0 Å². The van der Waals surface area contributed by atoms with E-state index >= 15 is 0 Å². The van der Waals surface area contributed by atoms with Crippen molar-refractivity contribution in [2.75, 3.05) is 0 Å². The summed E-state index contributed by atoms with van der Waals surface area (Å²) in [6.07, 6.45) is 0. The van der Waals surface area contributed by atoms with Gasteiger partial charge in [0.2, 0.25) is 0 Å². The second-order valence-electron chi connectivity index (χ2n) is 0.955. The van der Waals surface area contributed by atoms with Crippen LogP contribution in [0.3, 0.4) is 0 Å². The van der Waals surface area contributed by atoms with Gasteiger partial charge in [0.25, 0.3) is 0 Å². The van der Waals surface area contributed by atoms with E-state index in [0.29, 0.717) is 12.2 Å². The monoisotopic (exact) mass is 73.0 g/mol. The Morgan fingerprint density at radius 2 is 2.20 bits per heavy atom. The molecule has 0 nitrogen and oxygen atoms in total. The minimum atomic E-state index is 0.463. The Balaban J connectivity index is 2.85. The van der Waals surface area contributed by atoms with Crippen molar-refractivity contribution < 1.29 is 4.39 Å². The van der Waals surface area contributed by atoms with Crippen LogP contribution in [0.4, 0.5) is 4.39 Å². The standard InChI is InChI=1S/C4H6F/c1-4(2)3-5/h3H,1H2,2H3. The summed E-state index contributed by atoms with van der Waals surface area (Å²) in [6.45, 7) is 5.31. The van der Waals surface area contributed by atoms with E-state index in [1.54, 1.807) is 6.92 Å². The van der Waals surface area contributed by atoms with E-state index in [-0.39, 0.29) is 0 Å². The fourth-order valence-electron chi connectivity index (χ4n) is 0. The van der Waals surface area contributed by atoms with Gasteiger partial charge in [-0.3, -0.25) is 0 Å². The summed E-state index contributed by atoms with van der Waals surface area (Å²) in [6, 6.07) is 0. The summed E-state index contributed by atoms with van der Waals surface area (Å²) in [5, 5.41) is 0. The molecule has 5 heavy (non-hydrogen) atoms. The van der Waals surface area contributed by atoms with Crippen LogP contribution in [0.15, 0.2) is 12.2 Å². The minimum absolute atomic E-state index is 0.463.